The molecule has 6 aromatic rings. The van der Waals surface area contributed by atoms with Crippen LogP contribution in [-0.2, 0) is 62.2 Å². The number of nitrogens with zero attached hydrogens (tertiary/aromatic N) is 7. The molecule has 6 rings (SSSR count). The second-order valence-electron chi connectivity index (χ2n) is 17.2. The van der Waals surface area contributed by atoms with E-state index in [1.165, 1.54) is 53.9 Å². The second kappa shape index (κ2) is 71.3. The average Bonchev–Trinajstić information content (AvgIpc) is 4.22. The molecule has 13 N–H and O–H groups in total. The molecular formula is C65H116I3N13O6VW-. The number of aromatic nitrogens is 4. The van der Waals surface area contributed by atoms with Crippen molar-refractivity contribution in [1.82, 2.24) is 20.3 Å². The van der Waals surface area contributed by atoms with E-state index in [1.54, 1.807) is 27.7 Å². The van der Waals surface area contributed by atoms with Crippen LogP contribution in [0.1, 0.15) is 199 Å². The monoisotopic (exact) mass is 1790 g/mol. The Hall–Kier alpha value is -4.17. The van der Waals surface area contributed by atoms with Gasteiger partial charge in [0.2, 0.25) is 11.8 Å². The summed E-state index contributed by atoms with van der Waals surface area (Å²) >= 11 is 7.39. The smallest absolute Gasteiger partial charge is 0 e. The third-order valence-corrected chi connectivity index (χ3v) is 9.97. The molecule has 24 heteroatoms. The number of carbonyl (C=O) groups is 1. The zero-order valence-electron chi connectivity index (χ0n) is 58.6. The molecule has 0 radical (unpaired) electrons. The van der Waals surface area contributed by atoms with Crippen LogP contribution in [0.15, 0.2) is 141 Å². The van der Waals surface area contributed by atoms with Gasteiger partial charge >= 0.3 is 70.8 Å². The summed E-state index contributed by atoms with van der Waals surface area (Å²) in [5.41, 5.74) is 32.2. The Bertz CT molecular complexity index is 2590. The molecule has 4 aromatic carbocycles. The van der Waals surface area contributed by atoms with E-state index in [0.29, 0.717) is 17.6 Å². The van der Waals surface area contributed by atoms with Crippen molar-refractivity contribution in [2.45, 2.75) is 187 Å². The molecule has 0 amide bonds. The molecule has 0 aliphatic carbocycles. The Labute approximate surface area is 593 Å². The van der Waals surface area contributed by atoms with Crippen molar-refractivity contribution in [2.75, 3.05) is 28.2 Å². The number of hydrogen-bond donors (Lipinski definition) is 7. The summed E-state index contributed by atoms with van der Waals surface area (Å²) in [5, 5.41) is 22.8. The van der Waals surface area contributed by atoms with Gasteiger partial charge in [0.1, 0.15) is 11.7 Å². The van der Waals surface area contributed by atoms with Crippen LogP contribution in [0.2, 0.25) is 0 Å². The van der Waals surface area contributed by atoms with Crippen molar-refractivity contribution in [3.63, 3.8) is 0 Å². The minimum atomic E-state index is -0.752. The van der Waals surface area contributed by atoms with Gasteiger partial charge in [-0.15, -0.1) is 0 Å². The average molecular weight is 1790 g/mol. The van der Waals surface area contributed by atoms with Crippen LogP contribution in [0, 0.1) is 20.4 Å². The van der Waals surface area contributed by atoms with Gasteiger partial charge in [-0.05, 0) is 86.4 Å². The fourth-order valence-electron chi connectivity index (χ4n) is 5.31. The van der Waals surface area contributed by atoms with Gasteiger partial charge in [0.15, 0.2) is 11.6 Å². The Morgan fingerprint density at radius 3 is 1.15 bits per heavy atom. The first kappa shape index (κ1) is 106. The number of halogens is 3. The fourth-order valence-corrected chi connectivity index (χ4v) is 5.31. The molecule has 0 atom stereocenters. The Morgan fingerprint density at radius 2 is 0.910 bits per heavy atom. The van der Waals surface area contributed by atoms with Crippen LogP contribution in [0.3, 0.4) is 0 Å². The fraction of sp³-hybridized carbons (Fsp3) is 0.492. The molecule has 0 bridgehead atoms. The topological polar surface area (TPSA) is 327 Å². The molecule has 2 aromatic heterocycles. The van der Waals surface area contributed by atoms with E-state index >= 15 is 0 Å². The number of benzene rings is 4. The summed E-state index contributed by atoms with van der Waals surface area (Å²) in [4.78, 5) is 35.3. The van der Waals surface area contributed by atoms with E-state index < -0.39 is 22.7 Å². The van der Waals surface area contributed by atoms with Crippen LogP contribution >= 0.6 is 59.9 Å². The molecule has 2 heterocycles. The van der Waals surface area contributed by atoms with Gasteiger partial charge < -0.3 is 63.1 Å². The first-order valence-electron chi connectivity index (χ1n) is 28.5. The number of oxime groups is 2. The van der Waals surface area contributed by atoms with Gasteiger partial charge in [-0.2, -0.15) is 16.9 Å². The maximum absolute atomic E-state index is 10.6. The van der Waals surface area contributed by atoms with Crippen LogP contribution in [0.25, 0.3) is 4.85 Å². The molecule has 0 unspecified atom stereocenters. The van der Waals surface area contributed by atoms with Crippen molar-refractivity contribution in [1.29, 1.82) is 0 Å². The van der Waals surface area contributed by atoms with Gasteiger partial charge in [-0.1, -0.05) is 219 Å². The summed E-state index contributed by atoms with van der Waals surface area (Å²) < 4.78 is 17.2. The summed E-state index contributed by atoms with van der Waals surface area (Å²) in [6.07, 6.45) is 1.50. The Morgan fingerprint density at radius 1 is 0.629 bits per heavy atom. The van der Waals surface area contributed by atoms with Crippen molar-refractivity contribution in [3.8, 4) is 0 Å². The largest absolute Gasteiger partial charge is 0 e. The van der Waals surface area contributed by atoms with Gasteiger partial charge in [-0.25, -0.2) is 11.4 Å². The predicted molar refractivity (Wildman–Crippen MR) is 399 cm³/mol. The molecule has 0 aliphatic rings. The SMILES string of the molecule is C.CC.CC.CC.CC.CC(=O)O/N=C(\N)C(C)(C)c1ccccc1.CC(C)(/C(N)=N/O)c1ccccc1.CN.CN.CN.CN.C[C-]=O.Cc1nc(C(C)(C)c2ccccc2)no1.[2H]C(C)(C)c1noc(C)n1.[C-]#[N+]C(C)(C)c1ccccc1.[I][V]([I])[I].[W]. The van der Waals surface area contributed by atoms with Crippen LogP contribution in [0.5, 0.6) is 0 Å². The summed E-state index contributed by atoms with van der Waals surface area (Å²) in [7, 11) is 6.00. The molecule has 0 aliphatic heterocycles. The number of hydrogen-bond acceptors (Lipinski definition) is 16. The van der Waals surface area contributed by atoms with E-state index in [9.17, 15) is 4.79 Å². The van der Waals surface area contributed by atoms with E-state index in [1.807, 2.05) is 206 Å². The quantitative estimate of drug-likeness (QED) is 0.0134. The number of amidine groups is 2. The third kappa shape index (κ3) is 54.1. The predicted octanol–water partition coefficient (Wildman–Crippen LogP) is 16.4. The Kier molecular flexibility index (Phi) is 85.3. The van der Waals surface area contributed by atoms with Gasteiger partial charge in [0.25, 0.3) is 5.54 Å². The van der Waals surface area contributed by atoms with E-state index in [-0.39, 0.29) is 56.0 Å². The summed E-state index contributed by atoms with van der Waals surface area (Å²) in [5.74, 6) is 1.54. The zero-order chi connectivity index (χ0) is 71.3. The van der Waals surface area contributed by atoms with Crippen molar-refractivity contribution >= 4 is 83.9 Å². The maximum Gasteiger partial charge on any atom is 0 e. The maximum atomic E-state index is 10.6. The van der Waals surface area contributed by atoms with Crippen molar-refractivity contribution in [2.24, 2.45) is 44.7 Å². The van der Waals surface area contributed by atoms with E-state index in [0.717, 1.165) is 22.5 Å². The first-order valence-corrected chi connectivity index (χ1v) is 41.6. The van der Waals surface area contributed by atoms with E-state index in [4.69, 9.17) is 38.5 Å². The normalized spacial score (nSPS) is 9.83. The molecule has 19 nitrogen and oxygen atoms in total. The molecule has 510 valence electrons. The second-order valence-corrected chi connectivity index (χ2v) is 52.6. The summed E-state index contributed by atoms with van der Waals surface area (Å²) in [6.45, 7) is 48.2. The van der Waals surface area contributed by atoms with Gasteiger partial charge in [0.05, 0.1) is 16.2 Å². The first-order chi connectivity index (χ1) is 41.4. The number of carbonyl (C=O) groups excluding carboxylic acids is 2. The number of aryl methyl sites for hydroxylation is 2. The third-order valence-electron chi connectivity index (χ3n) is 9.97. The molecule has 0 fully saturated rings. The number of nitrogens with two attached hydrogens (primary N) is 6. The molecular weight excluding hydrogens is 1670 g/mol. The van der Waals surface area contributed by atoms with E-state index in [2.05, 4.69) is 149 Å². The van der Waals surface area contributed by atoms with Crippen LogP contribution in [0.4, 0.5) is 0 Å². The van der Waals surface area contributed by atoms with Crippen LogP contribution < -0.4 is 34.4 Å². The van der Waals surface area contributed by atoms with Gasteiger partial charge in [0, 0.05) is 68.5 Å². The standard InChI is InChI=1S/C12H16N2O2.C12H14N2O.C10H14N2O.C10H11N.C6H10N2O.C2H3O.4C2H6.4CH5N.CH4.3HI.V.W/c1-9(15)16-14-11(13)12(2,3)10-7-5-4-6-8-10;1-9-13-11(14-15-9)12(2,3)10-7-5-4-6-8-10;1-10(2,9(11)12-13)8-6-4-3-5-7-8;1-10(2,11-3)9-7-5-4-6-8-9;1-4(2)6-7-5(3)9-8-6;1-2-3;8*1-2;;;;;;/h4-8H,1-3H3,(H2,13,14);4-8H,1-3H3;3-7,13H,1-2H3,(H2,11,12);4-8H,1-2H3;4H,1-3H3;1H3;4*1-2H3;4*2H2,1H3;1H4;3*1H;;/q;;;;;-1;;;;;;;;;;;;;+3;/p-3/i;;;;4D;;;;;;;;;;;;;;;. The molecule has 0 saturated carbocycles. The molecule has 0 saturated heterocycles. The van der Waals surface area contributed by atoms with Crippen LogP contribution in [-0.4, -0.2) is 77.6 Å². The summed E-state index contributed by atoms with van der Waals surface area (Å²) in [6, 6.07) is 39.4. The minimum absolute atomic E-state index is 0. The van der Waals surface area contributed by atoms with Crippen molar-refractivity contribution < 1.29 is 56.0 Å². The molecule has 0 spiro atoms. The molecule has 89 heavy (non-hydrogen) atoms. The number of rotatable bonds is 9. The Balaban J connectivity index is -0.0000000888. The van der Waals surface area contributed by atoms with Gasteiger partial charge in [-0.3, -0.25) is 6.29 Å². The minimum Gasteiger partial charge on any atom is 0 e. The van der Waals surface area contributed by atoms with Crippen molar-refractivity contribution in [3.05, 3.63) is 178 Å². The zero-order valence-corrected chi connectivity index (χ0v) is 68.4.